The van der Waals surface area contributed by atoms with Crippen LogP contribution in [0, 0.1) is 5.41 Å². The van der Waals surface area contributed by atoms with Crippen LogP contribution in [-0.2, 0) is 11.3 Å². The van der Waals surface area contributed by atoms with Gasteiger partial charge in [0.2, 0.25) is 5.01 Å². The third-order valence-electron chi connectivity index (χ3n) is 3.81. The number of nitrogens with zero attached hydrogens (tertiary/aromatic N) is 1. The van der Waals surface area contributed by atoms with Crippen LogP contribution in [0.3, 0.4) is 0 Å². The molecule has 19 heavy (non-hydrogen) atoms. The van der Waals surface area contributed by atoms with E-state index >= 15 is 0 Å². The van der Waals surface area contributed by atoms with Crippen LogP contribution in [-0.4, -0.2) is 34.8 Å². The maximum Gasteiger partial charge on any atom is 0.365 e. The lowest BCUT2D eigenvalue weighted by molar-refractivity contribution is -0.114. The Morgan fingerprint density at radius 3 is 2.95 bits per heavy atom. The van der Waals surface area contributed by atoms with Crippen molar-refractivity contribution in [3.63, 3.8) is 0 Å². The summed E-state index contributed by atoms with van der Waals surface area (Å²) in [5, 5.41) is 14.2. The maximum atomic E-state index is 10.7. The molecule has 2 N–H and O–H groups in total. The van der Waals surface area contributed by atoms with E-state index in [2.05, 4.69) is 24.1 Å². The SMILES string of the molecule is CCOC1CC(NCc2csc(C(=O)O)n2)C1(C)C. The number of ether oxygens (including phenoxy) is 1. The minimum absolute atomic E-state index is 0.113. The van der Waals surface area contributed by atoms with E-state index in [4.69, 9.17) is 9.84 Å². The summed E-state index contributed by atoms with van der Waals surface area (Å²) in [5.41, 5.74) is 0.903. The zero-order valence-electron chi connectivity index (χ0n) is 11.5. The summed E-state index contributed by atoms with van der Waals surface area (Å²) in [6, 6.07) is 0.388. The molecule has 1 aliphatic rings. The van der Waals surface area contributed by atoms with Crippen molar-refractivity contribution in [3.8, 4) is 0 Å². The van der Waals surface area contributed by atoms with Gasteiger partial charge in [0, 0.05) is 30.0 Å². The van der Waals surface area contributed by atoms with E-state index in [-0.39, 0.29) is 10.4 Å². The first kappa shape index (κ1) is 14.4. The Kier molecular flexibility index (Phi) is 4.23. The number of nitrogens with one attached hydrogen (secondary N) is 1. The van der Waals surface area contributed by atoms with Gasteiger partial charge in [-0.15, -0.1) is 11.3 Å². The molecule has 2 atom stereocenters. The van der Waals surface area contributed by atoms with Gasteiger partial charge < -0.3 is 15.2 Å². The van der Waals surface area contributed by atoms with E-state index in [1.807, 2.05) is 6.92 Å². The summed E-state index contributed by atoms with van der Waals surface area (Å²) >= 11 is 1.17. The van der Waals surface area contributed by atoms with Gasteiger partial charge in [-0.2, -0.15) is 0 Å². The Hall–Kier alpha value is -0.980. The zero-order chi connectivity index (χ0) is 14.0. The monoisotopic (exact) mass is 284 g/mol. The minimum atomic E-state index is -0.961. The zero-order valence-corrected chi connectivity index (χ0v) is 12.3. The fourth-order valence-corrected chi connectivity index (χ4v) is 3.08. The lowest BCUT2D eigenvalue weighted by atomic mass is 9.64. The third kappa shape index (κ3) is 2.96. The molecule has 1 saturated carbocycles. The van der Waals surface area contributed by atoms with Crippen LogP contribution in [0.4, 0.5) is 0 Å². The molecule has 0 aromatic carbocycles. The molecule has 2 unspecified atom stereocenters. The first-order chi connectivity index (χ1) is 8.95. The number of aromatic carboxylic acids is 1. The molecule has 1 aromatic heterocycles. The van der Waals surface area contributed by atoms with Crippen molar-refractivity contribution in [2.24, 2.45) is 5.41 Å². The largest absolute Gasteiger partial charge is 0.476 e. The summed E-state index contributed by atoms with van der Waals surface area (Å²) < 4.78 is 5.68. The Balaban J connectivity index is 1.85. The molecular formula is C13H20N2O3S. The first-order valence-corrected chi connectivity index (χ1v) is 7.35. The van der Waals surface area contributed by atoms with Gasteiger partial charge in [-0.1, -0.05) is 13.8 Å². The highest BCUT2D eigenvalue weighted by atomic mass is 32.1. The summed E-state index contributed by atoms with van der Waals surface area (Å²) in [4.78, 5) is 14.8. The highest BCUT2D eigenvalue weighted by Gasteiger charge is 2.48. The number of carbonyl (C=O) groups is 1. The second kappa shape index (κ2) is 5.56. The lowest BCUT2D eigenvalue weighted by Crippen LogP contribution is -2.60. The van der Waals surface area contributed by atoms with Crippen LogP contribution < -0.4 is 5.32 Å². The second-order valence-corrected chi connectivity index (χ2v) is 6.24. The van der Waals surface area contributed by atoms with Gasteiger partial charge in [0.05, 0.1) is 11.8 Å². The number of hydrogen-bond donors (Lipinski definition) is 2. The molecule has 106 valence electrons. The molecule has 0 spiro atoms. The van der Waals surface area contributed by atoms with Crippen LogP contribution in [0.1, 0.15) is 42.7 Å². The smallest absolute Gasteiger partial charge is 0.365 e. The number of rotatable bonds is 6. The topological polar surface area (TPSA) is 71.5 Å². The molecule has 2 rings (SSSR count). The molecule has 1 aromatic rings. The quantitative estimate of drug-likeness (QED) is 0.837. The molecule has 0 aliphatic heterocycles. The lowest BCUT2D eigenvalue weighted by Gasteiger charge is -2.51. The van der Waals surface area contributed by atoms with Crippen LogP contribution in [0.5, 0.6) is 0 Å². The van der Waals surface area contributed by atoms with Crippen molar-refractivity contribution in [3.05, 3.63) is 16.1 Å². The van der Waals surface area contributed by atoms with E-state index in [0.717, 1.165) is 18.7 Å². The van der Waals surface area contributed by atoms with Gasteiger partial charge in [-0.25, -0.2) is 9.78 Å². The Morgan fingerprint density at radius 2 is 2.42 bits per heavy atom. The van der Waals surface area contributed by atoms with Gasteiger partial charge in [-0.3, -0.25) is 0 Å². The molecule has 1 aliphatic carbocycles. The van der Waals surface area contributed by atoms with Gasteiger partial charge in [0.25, 0.3) is 0 Å². The van der Waals surface area contributed by atoms with Crippen molar-refractivity contribution in [1.82, 2.24) is 10.3 Å². The van der Waals surface area contributed by atoms with E-state index in [9.17, 15) is 4.79 Å². The predicted octanol–water partition coefficient (Wildman–Crippen LogP) is 2.13. The molecular weight excluding hydrogens is 264 g/mol. The Bertz CT molecular complexity index is 458. The molecule has 0 radical (unpaired) electrons. The molecule has 5 nitrogen and oxygen atoms in total. The normalized spacial score (nSPS) is 25.0. The molecule has 6 heteroatoms. The van der Waals surface area contributed by atoms with Crippen LogP contribution >= 0.6 is 11.3 Å². The average Bonchev–Trinajstić information content (AvgIpc) is 2.81. The Labute approximate surface area is 117 Å². The average molecular weight is 284 g/mol. The molecule has 0 amide bonds. The van der Waals surface area contributed by atoms with E-state index in [1.54, 1.807) is 5.38 Å². The number of thiazole rings is 1. The van der Waals surface area contributed by atoms with Gasteiger partial charge >= 0.3 is 5.97 Å². The summed E-state index contributed by atoms with van der Waals surface area (Å²) in [6.07, 6.45) is 1.30. The van der Waals surface area contributed by atoms with Crippen LogP contribution in [0.2, 0.25) is 0 Å². The van der Waals surface area contributed by atoms with Crippen LogP contribution in [0.15, 0.2) is 5.38 Å². The van der Waals surface area contributed by atoms with Gasteiger partial charge in [0.1, 0.15) is 0 Å². The maximum absolute atomic E-state index is 10.7. The number of carboxylic acid groups (broad SMARTS) is 1. The summed E-state index contributed by atoms with van der Waals surface area (Å²) in [6.45, 7) is 7.75. The van der Waals surface area contributed by atoms with E-state index < -0.39 is 5.97 Å². The molecule has 1 heterocycles. The second-order valence-electron chi connectivity index (χ2n) is 5.38. The van der Waals surface area contributed by atoms with Crippen molar-refractivity contribution in [2.45, 2.75) is 45.9 Å². The van der Waals surface area contributed by atoms with Crippen molar-refractivity contribution in [1.29, 1.82) is 0 Å². The van der Waals surface area contributed by atoms with Crippen molar-refractivity contribution in [2.75, 3.05) is 6.61 Å². The number of hydrogen-bond acceptors (Lipinski definition) is 5. The van der Waals surface area contributed by atoms with E-state index in [0.29, 0.717) is 18.7 Å². The van der Waals surface area contributed by atoms with Crippen molar-refractivity contribution >= 4 is 17.3 Å². The third-order valence-corrected chi connectivity index (χ3v) is 4.69. The van der Waals surface area contributed by atoms with Gasteiger partial charge in [0.15, 0.2) is 0 Å². The summed E-state index contributed by atoms with van der Waals surface area (Å²) in [5.74, 6) is -0.961. The van der Waals surface area contributed by atoms with Crippen LogP contribution in [0.25, 0.3) is 0 Å². The Morgan fingerprint density at radius 1 is 1.68 bits per heavy atom. The number of carboxylic acids is 1. The fourth-order valence-electron chi connectivity index (χ4n) is 2.43. The van der Waals surface area contributed by atoms with Gasteiger partial charge in [-0.05, 0) is 13.3 Å². The van der Waals surface area contributed by atoms with E-state index in [1.165, 1.54) is 11.3 Å². The fraction of sp³-hybridized carbons (Fsp3) is 0.692. The highest BCUT2D eigenvalue weighted by Crippen LogP contribution is 2.42. The molecule has 1 fully saturated rings. The minimum Gasteiger partial charge on any atom is -0.476 e. The summed E-state index contributed by atoms with van der Waals surface area (Å²) in [7, 11) is 0. The highest BCUT2D eigenvalue weighted by molar-refractivity contribution is 7.11. The first-order valence-electron chi connectivity index (χ1n) is 6.47. The molecule has 0 bridgehead atoms. The standard InChI is InChI=1S/C13H20N2O3S/c1-4-18-10-5-9(13(10,2)3)14-6-8-7-19-11(15-8)12(16)17/h7,9-10,14H,4-6H2,1-3H3,(H,16,17). The predicted molar refractivity (Wildman–Crippen MR) is 73.5 cm³/mol. The van der Waals surface area contributed by atoms with Crippen molar-refractivity contribution < 1.29 is 14.6 Å². The molecule has 0 saturated heterocycles. The number of aromatic nitrogens is 1.